The third-order valence-corrected chi connectivity index (χ3v) is 4.58. The molecule has 0 heterocycles. The van der Waals surface area contributed by atoms with Gasteiger partial charge in [-0.25, -0.2) is 21.5 Å². The van der Waals surface area contributed by atoms with Gasteiger partial charge in [-0.2, -0.15) is 0 Å². The first-order valence-corrected chi connectivity index (χ1v) is 7.22. The number of halogens is 2. The maximum atomic E-state index is 13.5. The van der Waals surface area contributed by atoms with Crippen molar-refractivity contribution < 1.29 is 26.7 Å². The molecule has 1 aromatic rings. The van der Waals surface area contributed by atoms with Crippen LogP contribution in [-0.2, 0) is 19.6 Å². The van der Waals surface area contributed by atoms with E-state index in [1.54, 1.807) is 0 Å². The van der Waals surface area contributed by atoms with Crippen molar-refractivity contribution in [3.63, 3.8) is 0 Å². The fraction of sp³-hybridized carbons (Fsp3) is 0.417. The highest BCUT2D eigenvalue weighted by molar-refractivity contribution is 7.89. The van der Waals surface area contributed by atoms with Crippen molar-refractivity contribution >= 4 is 16.0 Å². The Bertz CT molecular complexity index is 569. The minimum atomic E-state index is -4.27. The van der Waals surface area contributed by atoms with Crippen LogP contribution in [0.4, 0.5) is 8.78 Å². The van der Waals surface area contributed by atoms with Gasteiger partial charge in [0.25, 0.3) is 0 Å². The zero-order chi connectivity index (χ0) is 15.3. The van der Waals surface area contributed by atoms with E-state index < -0.39 is 32.5 Å². The number of esters is 1. The Morgan fingerprint density at radius 1 is 1.30 bits per heavy atom. The molecule has 0 unspecified atom stereocenters. The number of sulfonamides is 1. The Balaban J connectivity index is 2.86. The van der Waals surface area contributed by atoms with E-state index >= 15 is 0 Å². The van der Waals surface area contributed by atoms with Gasteiger partial charge < -0.3 is 4.74 Å². The smallest absolute Gasteiger partial charge is 0.305 e. The Labute approximate surface area is 116 Å². The summed E-state index contributed by atoms with van der Waals surface area (Å²) >= 11 is 0. The summed E-state index contributed by atoms with van der Waals surface area (Å²) in [6.07, 6.45) is 0.217. The molecule has 0 N–H and O–H groups in total. The lowest BCUT2D eigenvalue weighted by atomic mass is 10.3. The highest BCUT2D eigenvalue weighted by atomic mass is 32.2. The predicted molar refractivity (Wildman–Crippen MR) is 67.4 cm³/mol. The van der Waals surface area contributed by atoms with E-state index in [9.17, 15) is 22.0 Å². The Hall–Kier alpha value is -1.54. The SMILES string of the molecule is COC(=O)CCCN(C)S(=O)(=O)c1c(F)cccc1F. The molecule has 0 radical (unpaired) electrons. The molecule has 5 nitrogen and oxygen atoms in total. The first-order valence-electron chi connectivity index (χ1n) is 5.78. The van der Waals surface area contributed by atoms with Crippen LogP contribution in [0, 0.1) is 11.6 Å². The minimum absolute atomic E-state index is 0.0239. The van der Waals surface area contributed by atoms with Crippen LogP contribution < -0.4 is 0 Å². The summed E-state index contributed by atoms with van der Waals surface area (Å²) in [4.78, 5) is 9.93. The molecule has 1 aromatic carbocycles. The van der Waals surface area contributed by atoms with Crippen LogP contribution in [0.5, 0.6) is 0 Å². The number of benzene rings is 1. The number of carbonyl (C=O) groups is 1. The van der Waals surface area contributed by atoms with Crippen LogP contribution in [0.15, 0.2) is 23.1 Å². The lowest BCUT2D eigenvalue weighted by molar-refractivity contribution is -0.140. The Morgan fingerprint density at radius 2 is 1.85 bits per heavy atom. The van der Waals surface area contributed by atoms with Crippen molar-refractivity contribution in [2.24, 2.45) is 0 Å². The van der Waals surface area contributed by atoms with Crippen LogP contribution in [0.1, 0.15) is 12.8 Å². The maximum absolute atomic E-state index is 13.5. The average Bonchev–Trinajstić information content (AvgIpc) is 2.37. The summed E-state index contributed by atoms with van der Waals surface area (Å²) in [5.41, 5.74) is 0. The van der Waals surface area contributed by atoms with E-state index in [0.717, 1.165) is 22.5 Å². The molecule has 1 rings (SSSR count). The Kier molecular flexibility index (Phi) is 5.58. The van der Waals surface area contributed by atoms with Crippen molar-refractivity contribution in [3.05, 3.63) is 29.8 Å². The van der Waals surface area contributed by atoms with Gasteiger partial charge in [0.2, 0.25) is 10.0 Å². The van der Waals surface area contributed by atoms with Crippen molar-refractivity contribution in [3.8, 4) is 0 Å². The molecule has 0 aliphatic rings. The number of hydrogen-bond acceptors (Lipinski definition) is 4. The van der Waals surface area contributed by atoms with Gasteiger partial charge in [0.1, 0.15) is 11.6 Å². The normalized spacial score (nSPS) is 11.7. The maximum Gasteiger partial charge on any atom is 0.305 e. The Morgan fingerprint density at radius 3 is 2.35 bits per heavy atom. The highest BCUT2D eigenvalue weighted by Gasteiger charge is 2.27. The number of ether oxygens (including phenoxy) is 1. The molecule has 20 heavy (non-hydrogen) atoms. The number of hydrogen-bond donors (Lipinski definition) is 0. The average molecular weight is 307 g/mol. The molecular formula is C12H15F2NO4S. The molecule has 0 fully saturated rings. The summed E-state index contributed by atoms with van der Waals surface area (Å²) in [7, 11) is -1.86. The molecule has 0 aliphatic carbocycles. The summed E-state index contributed by atoms with van der Waals surface area (Å²) in [5, 5.41) is 0. The molecule has 0 amide bonds. The van der Waals surface area contributed by atoms with Crippen LogP contribution >= 0.6 is 0 Å². The van der Waals surface area contributed by atoms with E-state index in [4.69, 9.17) is 0 Å². The third kappa shape index (κ3) is 3.73. The number of methoxy groups -OCH3 is 1. The zero-order valence-electron chi connectivity index (χ0n) is 11.1. The van der Waals surface area contributed by atoms with Gasteiger partial charge in [0.15, 0.2) is 4.90 Å². The number of carbonyl (C=O) groups excluding carboxylic acids is 1. The molecule has 0 bridgehead atoms. The molecule has 0 saturated heterocycles. The first-order chi connectivity index (χ1) is 9.30. The molecule has 0 saturated carbocycles. The third-order valence-electron chi connectivity index (χ3n) is 2.67. The van der Waals surface area contributed by atoms with E-state index in [0.29, 0.717) is 0 Å². The standard InChI is InChI=1S/C12H15F2NO4S/c1-15(8-4-7-11(16)19-2)20(17,18)12-9(13)5-3-6-10(12)14/h3,5-6H,4,7-8H2,1-2H3. The first kappa shape index (κ1) is 16.5. The van der Waals surface area contributed by atoms with Gasteiger partial charge in [0.05, 0.1) is 7.11 Å². The quantitative estimate of drug-likeness (QED) is 0.748. The van der Waals surface area contributed by atoms with Crippen molar-refractivity contribution in [2.45, 2.75) is 17.7 Å². The zero-order valence-corrected chi connectivity index (χ0v) is 11.9. The van der Waals surface area contributed by atoms with Crippen LogP contribution in [0.2, 0.25) is 0 Å². The second kappa shape index (κ2) is 6.76. The summed E-state index contributed by atoms with van der Waals surface area (Å²) < 4.78 is 56.3. The van der Waals surface area contributed by atoms with Crippen molar-refractivity contribution in [1.29, 1.82) is 0 Å². The molecule has 0 aliphatic heterocycles. The number of rotatable bonds is 6. The monoisotopic (exact) mass is 307 g/mol. The van der Waals surface area contributed by atoms with Gasteiger partial charge >= 0.3 is 5.97 Å². The van der Waals surface area contributed by atoms with Crippen LogP contribution in [-0.4, -0.2) is 39.4 Å². The fourth-order valence-electron chi connectivity index (χ4n) is 1.55. The second-order valence-corrected chi connectivity index (χ2v) is 6.04. The van der Waals surface area contributed by atoms with Gasteiger partial charge in [-0.15, -0.1) is 0 Å². The molecule has 8 heteroatoms. The highest BCUT2D eigenvalue weighted by Crippen LogP contribution is 2.21. The second-order valence-electron chi connectivity index (χ2n) is 4.06. The van der Waals surface area contributed by atoms with Gasteiger partial charge in [-0.3, -0.25) is 4.79 Å². The summed E-state index contributed by atoms with van der Waals surface area (Å²) in [5.74, 6) is -2.78. The fourth-order valence-corrected chi connectivity index (χ4v) is 2.86. The van der Waals surface area contributed by atoms with Gasteiger partial charge in [0, 0.05) is 20.0 Å². The number of nitrogens with zero attached hydrogens (tertiary/aromatic N) is 1. The van der Waals surface area contributed by atoms with Gasteiger partial charge in [-0.05, 0) is 18.6 Å². The molecular weight excluding hydrogens is 292 g/mol. The van der Waals surface area contributed by atoms with Crippen molar-refractivity contribution in [1.82, 2.24) is 4.31 Å². The summed E-state index contributed by atoms with van der Waals surface area (Å²) in [6, 6.07) is 2.83. The van der Waals surface area contributed by atoms with E-state index in [-0.39, 0.29) is 19.4 Å². The van der Waals surface area contributed by atoms with Crippen molar-refractivity contribution in [2.75, 3.05) is 20.7 Å². The lowest BCUT2D eigenvalue weighted by Crippen LogP contribution is -2.29. The summed E-state index contributed by atoms with van der Waals surface area (Å²) in [6.45, 7) is -0.0504. The lowest BCUT2D eigenvalue weighted by Gasteiger charge is -2.17. The predicted octanol–water partition coefficient (Wildman–Crippen LogP) is 1.54. The van der Waals surface area contributed by atoms with E-state index in [1.165, 1.54) is 14.2 Å². The molecule has 0 atom stereocenters. The molecule has 0 aromatic heterocycles. The van der Waals surface area contributed by atoms with E-state index in [2.05, 4.69) is 4.74 Å². The van der Waals surface area contributed by atoms with Crippen LogP contribution in [0.25, 0.3) is 0 Å². The molecule has 112 valence electrons. The molecule has 0 spiro atoms. The largest absolute Gasteiger partial charge is 0.469 e. The minimum Gasteiger partial charge on any atom is -0.469 e. The topological polar surface area (TPSA) is 63.7 Å². The van der Waals surface area contributed by atoms with Crippen LogP contribution in [0.3, 0.4) is 0 Å². The van der Waals surface area contributed by atoms with E-state index in [1.807, 2.05) is 0 Å². The van der Waals surface area contributed by atoms with Gasteiger partial charge in [-0.1, -0.05) is 6.07 Å².